The van der Waals surface area contributed by atoms with E-state index in [0.29, 0.717) is 28.3 Å². The first-order valence-corrected chi connectivity index (χ1v) is 15.7. The van der Waals surface area contributed by atoms with E-state index in [9.17, 15) is 18.0 Å². The van der Waals surface area contributed by atoms with E-state index in [1.165, 1.54) is 13.2 Å². The van der Waals surface area contributed by atoms with E-state index in [0.717, 1.165) is 30.6 Å². The van der Waals surface area contributed by atoms with Crippen LogP contribution >= 0.6 is 0 Å². The Bertz CT molecular complexity index is 1520. The lowest BCUT2D eigenvalue weighted by Gasteiger charge is -2.22. The standard InChI is InChI=1S/C31H39N3O8S/c1-8-34(9-2)25-14-16-28(20(3)18-25)32-30(35)40-22(5)27-19-26(39-6)15-17-29(27)42-31(36)41-21(4)23-10-12-24(13-11-23)33-43(7,37)38/h10-19,21-22,33H,8-9H2,1-7H3,(H,32,35). The number of aryl methyl sites for hydroxylation is 1. The highest BCUT2D eigenvalue weighted by Gasteiger charge is 2.22. The summed E-state index contributed by atoms with van der Waals surface area (Å²) in [6, 6.07) is 16.9. The van der Waals surface area contributed by atoms with E-state index in [-0.39, 0.29) is 5.75 Å². The average Bonchev–Trinajstić information content (AvgIpc) is 2.94. The Morgan fingerprint density at radius 1 is 0.907 bits per heavy atom. The molecule has 0 radical (unpaired) electrons. The number of carbonyl (C=O) groups is 2. The minimum absolute atomic E-state index is 0.130. The number of hydrogen-bond donors (Lipinski definition) is 2. The quantitative estimate of drug-likeness (QED) is 0.167. The molecule has 0 aliphatic rings. The second kappa shape index (κ2) is 14.6. The summed E-state index contributed by atoms with van der Waals surface area (Å²) in [4.78, 5) is 27.7. The van der Waals surface area contributed by atoms with Crippen LogP contribution in [0.2, 0.25) is 0 Å². The van der Waals surface area contributed by atoms with Crippen molar-refractivity contribution in [2.45, 2.75) is 46.8 Å². The van der Waals surface area contributed by atoms with Gasteiger partial charge < -0.3 is 23.8 Å². The van der Waals surface area contributed by atoms with Gasteiger partial charge in [-0.25, -0.2) is 18.0 Å². The number of carbonyl (C=O) groups excluding carboxylic acids is 2. The van der Waals surface area contributed by atoms with E-state index in [1.807, 2.05) is 25.1 Å². The lowest BCUT2D eigenvalue weighted by Crippen LogP contribution is -2.22. The van der Waals surface area contributed by atoms with Crippen molar-refractivity contribution in [2.75, 3.05) is 41.4 Å². The van der Waals surface area contributed by atoms with Crippen molar-refractivity contribution in [1.82, 2.24) is 0 Å². The summed E-state index contributed by atoms with van der Waals surface area (Å²) in [6.45, 7) is 11.1. The predicted octanol–water partition coefficient (Wildman–Crippen LogP) is 6.81. The lowest BCUT2D eigenvalue weighted by molar-refractivity contribution is 0.0640. The summed E-state index contributed by atoms with van der Waals surface area (Å²) < 4.78 is 47.1. The van der Waals surface area contributed by atoms with Gasteiger partial charge in [0.25, 0.3) is 0 Å². The SMILES string of the molecule is CCN(CC)c1ccc(NC(=O)OC(C)c2cc(OC)ccc2OC(=O)OC(C)c2ccc(NS(C)(=O)=O)cc2)c(C)c1. The molecule has 43 heavy (non-hydrogen) atoms. The molecule has 2 unspecified atom stereocenters. The minimum Gasteiger partial charge on any atom is -0.497 e. The van der Waals surface area contributed by atoms with E-state index in [2.05, 4.69) is 28.8 Å². The molecule has 0 saturated heterocycles. The van der Waals surface area contributed by atoms with Crippen LogP contribution < -0.4 is 24.4 Å². The molecule has 11 nitrogen and oxygen atoms in total. The number of ether oxygens (including phenoxy) is 4. The molecule has 232 valence electrons. The molecule has 1 amide bonds. The first-order valence-electron chi connectivity index (χ1n) is 13.8. The Hall–Kier alpha value is -4.45. The van der Waals surface area contributed by atoms with Gasteiger partial charge in [-0.15, -0.1) is 0 Å². The van der Waals surface area contributed by atoms with Crippen LogP contribution in [-0.4, -0.2) is 47.1 Å². The molecule has 0 bridgehead atoms. The van der Waals surface area contributed by atoms with Gasteiger partial charge in [-0.3, -0.25) is 10.0 Å². The van der Waals surface area contributed by atoms with Crippen molar-refractivity contribution >= 4 is 39.3 Å². The molecule has 0 fully saturated rings. The van der Waals surface area contributed by atoms with Gasteiger partial charge >= 0.3 is 12.2 Å². The average molecular weight is 614 g/mol. The van der Waals surface area contributed by atoms with Crippen LogP contribution in [0.4, 0.5) is 26.7 Å². The number of sulfonamides is 1. The Labute approximate surface area is 253 Å². The van der Waals surface area contributed by atoms with Crippen LogP contribution in [0.1, 0.15) is 56.6 Å². The zero-order valence-electron chi connectivity index (χ0n) is 25.5. The molecule has 3 rings (SSSR count). The van der Waals surface area contributed by atoms with Gasteiger partial charge in [0.1, 0.15) is 23.7 Å². The van der Waals surface area contributed by atoms with Gasteiger partial charge in [0, 0.05) is 35.7 Å². The maximum Gasteiger partial charge on any atom is 0.514 e. The maximum atomic E-state index is 12.8. The van der Waals surface area contributed by atoms with Crippen LogP contribution in [-0.2, 0) is 19.5 Å². The Morgan fingerprint density at radius 3 is 2.16 bits per heavy atom. The Balaban J connectivity index is 1.68. The van der Waals surface area contributed by atoms with Gasteiger partial charge in [0.15, 0.2) is 0 Å². The lowest BCUT2D eigenvalue weighted by atomic mass is 10.1. The minimum atomic E-state index is -3.41. The third-order valence-corrected chi connectivity index (χ3v) is 7.27. The summed E-state index contributed by atoms with van der Waals surface area (Å²) in [5, 5.41) is 2.78. The molecular formula is C31H39N3O8S. The van der Waals surface area contributed by atoms with Crippen molar-refractivity contribution in [2.24, 2.45) is 0 Å². The number of rotatable bonds is 12. The zero-order valence-corrected chi connectivity index (χ0v) is 26.3. The maximum absolute atomic E-state index is 12.8. The van der Waals surface area contributed by atoms with Crippen LogP contribution in [0.5, 0.6) is 11.5 Å². The number of amides is 1. The number of nitrogens with one attached hydrogen (secondary N) is 2. The van der Waals surface area contributed by atoms with Gasteiger partial charge in [0.2, 0.25) is 10.0 Å². The van der Waals surface area contributed by atoms with E-state index >= 15 is 0 Å². The highest BCUT2D eigenvalue weighted by Crippen LogP contribution is 2.33. The van der Waals surface area contributed by atoms with Crippen molar-refractivity contribution in [3.63, 3.8) is 0 Å². The summed E-state index contributed by atoms with van der Waals surface area (Å²) >= 11 is 0. The fourth-order valence-corrected chi connectivity index (χ4v) is 4.93. The summed E-state index contributed by atoms with van der Waals surface area (Å²) in [5.74, 6) is 0.608. The second-order valence-corrected chi connectivity index (χ2v) is 11.6. The fourth-order valence-electron chi connectivity index (χ4n) is 4.36. The van der Waals surface area contributed by atoms with Crippen LogP contribution in [0.3, 0.4) is 0 Å². The molecule has 3 aromatic rings. The molecule has 0 aliphatic heterocycles. The molecule has 0 aromatic heterocycles. The third kappa shape index (κ3) is 9.53. The molecule has 2 atom stereocenters. The van der Waals surface area contributed by atoms with Gasteiger partial charge in [-0.05, 0) is 94.3 Å². The smallest absolute Gasteiger partial charge is 0.497 e. The predicted molar refractivity (Wildman–Crippen MR) is 167 cm³/mol. The third-order valence-electron chi connectivity index (χ3n) is 6.66. The molecule has 2 N–H and O–H groups in total. The highest BCUT2D eigenvalue weighted by atomic mass is 32.2. The number of methoxy groups -OCH3 is 1. The molecule has 0 heterocycles. The van der Waals surface area contributed by atoms with E-state index in [4.69, 9.17) is 18.9 Å². The molecule has 12 heteroatoms. The summed E-state index contributed by atoms with van der Waals surface area (Å²) in [6.07, 6.45) is -2.11. The van der Waals surface area contributed by atoms with Crippen molar-refractivity contribution < 1.29 is 37.0 Å². The van der Waals surface area contributed by atoms with Gasteiger partial charge in [-0.1, -0.05) is 12.1 Å². The zero-order chi connectivity index (χ0) is 31.7. The van der Waals surface area contributed by atoms with E-state index < -0.39 is 34.5 Å². The number of anilines is 3. The monoisotopic (exact) mass is 613 g/mol. The van der Waals surface area contributed by atoms with E-state index in [1.54, 1.807) is 50.2 Å². The normalized spacial score (nSPS) is 12.4. The van der Waals surface area contributed by atoms with Gasteiger partial charge in [0.05, 0.1) is 13.4 Å². The van der Waals surface area contributed by atoms with Gasteiger partial charge in [-0.2, -0.15) is 0 Å². The highest BCUT2D eigenvalue weighted by molar-refractivity contribution is 7.92. The molecule has 0 saturated carbocycles. The first-order chi connectivity index (χ1) is 20.3. The van der Waals surface area contributed by atoms with Crippen LogP contribution in [0, 0.1) is 6.92 Å². The topological polar surface area (TPSA) is 133 Å². The Morgan fingerprint density at radius 2 is 1.58 bits per heavy atom. The fraction of sp³-hybridized carbons (Fsp3) is 0.355. The van der Waals surface area contributed by atoms with Crippen molar-refractivity contribution in [3.05, 3.63) is 77.4 Å². The number of nitrogens with zero attached hydrogens (tertiary/aromatic N) is 1. The molecular weight excluding hydrogens is 574 g/mol. The van der Waals surface area contributed by atoms with Crippen molar-refractivity contribution in [1.29, 1.82) is 0 Å². The van der Waals surface area contributed by atoms with Crippen LogP contribution in [0.25, 0.3) is 0 Å². The second-order valence-electron chi connectivity index (χ2n) is 9.86. The summed E-state index contributed by atoms with van der Waals surface area (Å²) in [5.41, 5.74) is 3.97. The largest absolute Gasteiger partial charge is 0.514 e. The first kappa shape index (κ1) is 33.1. The van der Waals surface area contributed by atoms with Crippen molar-refractivity contribution in [3.8, 4) is 11.5 Å². The van der Waals surface area contributed by atoms with Crippen LogP contribution in [0.15, 0.2) is 60.7 Å². The molecule has 3 aromatic carbocycles. The number of hydrogen-bond acceptors (Lipinski definition) is 9. The molecule has 0 spiro atoms. The number of benzene rings is 3. The summed E-state index contributed by atoms with van der Waals surface area (Å²) in [7, 11) is -1.92. The molecule has 0 aliphatic carbocycles. The Kier molecular flexibility index (Phi) is 11.2.